The summed E-state index contributed by atoms with van der Waals surface area (Å²) in [5.74, 6) is 0.794. The van der Waals surface area contributed by atoms with Gasteiger partial charge in [-0.2, -0.15) is 5.10 Å². The zero-order chi connectivity index (χ0) is 19.5. The molecule has 0 aliphatic carbocycles. The van der Waals surface area contributed by atoms with Crippen molar-refractivity contribution in [3.63, 3.8) is 0 Å². The Morgan fingerprint density at radius 3 is 2.82 bits per heavy atom. The second-order valence-corrected chi connectivity index (χ2v) is 8.78. The fourth-order valence-electron chi connectivity index (χ4n) is 6.11. The predicted octanol–water partition coefficient (Wildman–Crippen LogP) is 3.46. The van der Waals surface area contributed by atoms with Gasteiger partial charge in [0.05, 0.1) is 6.20 Å². The molecule has 0 saturated carbocycles. The Morgan fingerprint density at radius 1 is 1.25 bits per heavy atom. The average molecular weight is 379 g/mol. The molecule has 3 aliphatic heterocycles. The molecule has 148 valence electrons. The van der Waals surface area contributed by atoms with Crippen LogP contribution in [0.25, 0.3) is 0 Å². The largest absolute Gasteiger partial charge is 0.336 e. The SMILES string of the molecule is CCn1ncc([C@@H]2C[C@H]3CN(Cc4ccccc4C)C(=O)[C@]34CCCN24)c1C. The molecule has 5 nitrogen and oxygen atoms in total. The van der Waals surface area contributed by atoms with E-state index in [0.29, 0.717) is 17.9 Å². The molecule has 1 amide bonds. The van der Waals surface area contributed by atoms with Crippen LogP contribution in [0, 0.1) is 19.8 Å². The summed E-state index contributed by atoms with van der Waals surface area (Å²) in [5.41, 5.74) is 4.87. The number of amides is 1. The summed E-state index contributed by atoms with van der Waals surface area (Å²) >= 11 is 0. The van der Waals surface area contributed by atoms with E-state index >= 15 is 0 Å². The van der Waals surface area contributed by atoms with Crippen molar-refractivity contribution < 1.29 is 4.79 Å². The standard InChI is InChI=1S/C23H30N4O/c1-4-27-17(3)20(13-24-27)21-12-19-15-25(14-18-9-6-5-8-16(18)2)22(28)23(19)10-7-11-26(21)23/h5-6,8-9,13,19,21H,4,7,10-12,14-15H2,1-3H3/t19-,21-,23-/m0/s1. The van der Waals surface area contributed by atoms with Gasteiger partial charge >= 0.3 is 0 Å². The van der Waals surface area contributed by atoms with Crippen LogP contribution in [0.15, 0.2) is 30.5 Å². The monoisotopic (exact) mass is 378 g/mol. The van der Waals surface area contributed by atoms with Gasteiger partial charge in [0.15, 0.2) is 0 Å². The molecule has 1 aromatic heterocycles. The molecule has 2 aromatic rings. The van der Waals surface area contributed by atoms with Gasteiger partial charge in [-0.25, -0.2) is 0 Å². The lowest BCUT2D eigenvalue weighted by molar-refractivity contribution is -0.137. The van der Waals surface area contributed by atoms with E-state index in [1.54, 1.807) is 0 Å². The van der Waals surface area contributed by atoms with Crippen molar-refractivity contribution in [1.29, 1.82) is 0 Å². The molecule has 0 unspecified atom stereocenters. The van der Waals surface area contributed by atoms with Crippen molar-refractivity contribution in [1.82, 2.24) is 19.6 Å². The number of aromatic nitrogens is 2. The minimum atomic E-state index is -0.270. The minimum absolute atomic E-state index is 0.270. The van der Waals surface area contributed by atoms with Crippen molar-refractivity contribution in [2.24, 2.45) is 5.92 Å². The molecule has 28 heavy (non-hydrogen) atoms. The minimum Gasteiger partial charge on any atom is -0.336 e. The van der Waals surface area contributed by atoms with Gasteiger partial charge in [0.25, 0.3) is 0 Å². The number of nitrogens with zero attached hydrogens (tertiary/aromatic N) is 4. The molecule has 4 heterocycles. The average Bonchev–Trinajstić information content (AvgIpc) is 3.40. The van der Waals surface area contributed by atoms with Crippen LogP contribution in [-0.2, 0) is 17.9 Å². The Kier molecular flexibility index (Phi) is 4.13. The van der Waals surface area contributed by atoms with Crippen LogP contribution in [-0.4, -0.2) is 44.1 Å². The van der Waals surface area contributed by atoms with Gasteiger partial charge in [-0.3, -0.25) is 14.4 Å². The number of likely N-dealkylation sites (tertiary alicyclic amines) is 1. The number of benzene rings is 1. The number of rotatable bonds is 4. The first kappa shape index (κ1) is 17.9. The molecule has 3 aliphatic rings. The lowest BCUT2D eigenvalue weighted by atomic mass is 9.85. The van der Waals surface area contributed by atoms with Crippen LogP contribution >= 0.6 is 0 Å². The summed E-state index contributed by atoms with van der Waals surface area (Å²) in [7, 11) is 0. The number of aryl methyl sites for hydroxylation is 2. The highest BCUT2D eigenvalue weighted by Crippen LogP contribution is 2.56. The first-order valence-corrected chi connectivity index (χ1v) is 10.7. The highest BCUT2D eigenvalue weighted by atomic mass is 16.2. The summed E-state index contributed by atoms with van der Waals surface area (Å²) in [6.07, 6.45) is 5.26. The first-order chi connectivity index (χ1) is 13.6. The Hall–Kier alpha value is -2.14. The smallest absolute Gasteiger partial charge is 0.243 e. The Balaban J connectivity index is 1.44. The zero-order valence-corrected chi connectivity index (χ0v) is 17.2. The second-order valence-electron chi connectivity index (χ2n) is 8.78. The topological polar surface area (TPSA) is 41.4 Å². The maximum atomic E-state index is 13.7. The molecule has 5 rings (SSSR count). The Bertz CT molecular complexity index is 919. The third-order valence-corrected chi connectivity index (χ3v) is 7.55. The number of carbonyl (C=O) groups is 1. The van der Waals surface area contributed by atoms with Crippen LogP contribution in [0.5, 0.6) is 0 Å². The van der Waals surface area contributed by atoms with Crippen molar-refractivity contribution in [2.45, 2.75) is 64.7 Å². The molecule has 3 fully saturated rings. The fraction of sp³-hybridized carbons (Fsp3) is 0.565. The van der Waals surface area contributed by atoms with Gasteiger partial charge < -0.3 is 4.90 Å². The molecule has 1 spiro atoms. The van der Waals surface area contributed by atoms with E-state index in [2.05, 4.69) is 64.6 Å². The zero-order valence-electron chi connectivity index (χ0n) is 17.2. The quantitative estimate of drug-likeness (QED) is 0.818. The Labute approximate surface area is 167 Å². The normalized spacial score (nSPS) is 29.5. The molecular weight excluding hydrogens is 348 g/mol. The van der Waals surface area contributed by atoms with Crippen molar-refractivity contribution in [3.8, 4) is 0 Å². The molecule has 3 atom stereocenters. The predicted molar refractivity (Wildman–Crippen MR) is 109 cm³/mol. The molecule has 5 heteroatoms. The molecule has 3 saturated heterocycles. The summed E-state index contributed by atoms with van der Waals surface area (Å²) in [6, 6.07) is 8.79. The van der Waals surface area contributed by atoms with E-state index in [9.17, 15) is 4.79 Å². The van der Waals surface area contributed by atoms with Gasteiger partial charge in [-0.1, -0.05) is 24.3 Å². The molecule has 0 N–H and O–H groups in total. The van der Waals surface area contributed by atoms with Crippen LogP contribution in [0.3, 0.4) is 0 Å². The van der Waals surface area contributed by atoms with Crippen molar-refractivity contribution >= 4 is 5.91 Å². The van der Waals surface area contributed by atoms with Crippen LogP contribution < -0.4 is 0 Å². The molecule has 1 aromatic carbocycles. The summed E-state index contributed by atoms with van der Waals surface area (Å²) in [4.78, 5) is 18.4. The molecule has 0 radical (unpaired) electrons. The number of hydrogen-bond donors (Lipinski definition) is 0. The molecular formula is C23H30N4O. The number of hydrogen-bond acceptors (Lipinski definition) is 3. The third-order valence-electron chi connectivity index (χ3n) is 7.55. The highest BCUT2D eigenvalue weighted by molar-refractivity contribution is 5.90. The molecule has 0 bridgehead atoms. The van der Waals surface area contributed by atoms with E-state index in [4.69, 9.17) is 0 Å². The summed E-state index contributed by atoms with van der Waals surface area (Å²) in [6.45, 7) is 10.0. The van der Waals surface area contributed by atoms with Gasteiger partial charge in [0.1, 0.15) is 5.54 Å². The van der Waals surface area contributed by atoms with Gasteiger partial charge in [-0.05, 0) is 57.7 Å². The maximum absolute atomic E-state index is 13.7. The lowest BCUT2D eigenvalue weighted by Crippen LogP contribution is -2.49. The highest BCUT2D eigenvalue weighted by Gasteiger charge is 2.65. The first-order valence-electron chi connectivity index (χ1n) is 10.7. The van der Waals surface area contributed by atoms with Gasteiger partial charge in [0, 0.05) is 42.9 Å². The lowest BCUT2D eigenvalue weighted by Gasteiger charge is -2.33. The van der Waals surface area contributed by atoms with Crippen molar-refractivity contribution in [2.75, 3.05) is 13.1 Å². The van der Waals surface area contributed by atoms with Crippen LogP contribution in [0.1, 0.15) is 54.6 Å². The van der Waals surface area contributed by atoms with E-state index in [1.165, 1.54) is 22.4 Å². The van der Waals surface area contributed by atoms with E-state index in [-0.39, 0.29) is 5.54 Å². The fourth-order valence-corrected chi connectivity index (χ4v) is 6.11. The van der Waals surface area contributed by atoms with Gasteiger partial charge in [0.2, 0.25) is 5.91 Å². The summed E-state index contributed by atoms with van der Waals surface area (Å²) in [5, 5.41) is 4.58. The second kappa shape index (κ2) is 6.45. The number of carbonyl (C=O) groups excluding carboxylic acids is 1. The van der Waals surface area contributed by atoms with E-state index < -0.39 is 0 Å². The van der Waals surface area contributed by atoms with Gasteiger partial charge in [-0.15, -0.1) is 0 Å². The van der Waals surface area contributed by atoms with E-state index in [1.807, 2.05) is 6.20 Å². The Morgan fingerprint density at radius 2 is 2.07 bits per heavy atom. The van der Waals surface area contributed by atoms with Crippen LogP contribution in [0.2, 0.25) is 0 Å². The van der Waals surface area contributed by atoms with Crippen molar-refractivity contribution in [3.05, 3.63) is 52.8 Å². The maximum Gasteiger partial charge on any atom is 0.243 e. The third kappa shape index (κ3) is 2.35. The van der Waals surface area contributed by atoms with E-state index in [0.717, 1.165) is 45.4 Å². The summed E-state index contributed by atoms with van der Waals surface area (Å²) < 4.78 is 2.08. The van der Waals surface area contributed by atoms with Crippen LogP contribution in [0.4, 0.5) is 0 Å².